The van der Waals surface area contributed by atoms with Crippen LogP contribution in [0.2, 0.25) is 0 Å². The van der Waals surface area contributed by atoms with E-state index in [-0.39, 0.29) is 23.6 Å². The van der Waals surface area contributed by atoms with Gasteiger partial charge >= 0.3 is 0 Å². The molecule has 1 N–H and O–H groups in total. The molecule has 7 nitrogen and oxygen atoms in total. The molecule has 4 rings (SSSR count). The van der Waals surface area contributed by atoms with Crippen molar-refractivity contribution in [1.82, 2.24) is 19.9 Å². The third-order valence-corrected chi connectivity index (χ3v) is 5.82. The Morgan fingerprint density at radius 2 is 1.77 bits per heavy atom. The van der Waals surface area contributed by atoms with Crippen molar-refractivity contribution in [3.05, 3.63) is 71.5 Å². The molecule has 0 bridgehead atoms. The molecule has 3 aromatic rings. The van der Waals surface area contributed by atoms with Crippen molar-refractivity contribution in [2.45, 2.75) is 44.2 Å². The Hall–Kier alpha value is -3.13. The maximum Gasteiger partial charge on any atom is 0.280 e. The van der Waals surface area contributed by atoms with Crippen molar-refractivity contribution in [1.29, 1.82) is 0 Å². The summed E-state index contributed by atoms with van der Waals surface area (Å²) >= 11 is 1.11. The van der Waals surface area contributed by atoms with E-state index < -0.39 is 6.04 Å². The molecule has 2 amide bonds. The third-order valence-electron chi connectivity index (χ3n) is 5.31. The maximum atomic E-state index is 13.5. The molecule has 8 heteroatoms. The number of carbonyl (C=O) groups excluding carboxylic acids is 2. The van der Waals surface area contributed by atoms with Gasteiger partial charge in [-0.1, -0.05) is 41.9 Å². The highest BCUT2D eigenvalue weighted by Crippen LogP contribution is 2.30. The van der Waals surface area contributed by atoms with Crippen molar-refractivity contribution in [2.75, 3.05) is 4.90 Å². The number of nitrogens with zero attached hydrogens (tertiary/aromatic N) is 4. The van der Waals surface area contributed by atoms with Gasteiger partial charge in [0.05, 0.1) is 0 Å². The van der Waals surface area contributed by atoms with Crippen molar-refractivity contribution >= 4 is 29.0 Å². The number of benzene rings is 1. The summed E-state index contributed by atoms with van der Waals surface area (Å²) in [4.78, 5) is 32.6. The molecule has 1 aliphatic rings. The minimum absolute atomic E-state index is 0.129. The van der Waals surface area contributed by atoms with Crippen molar-refractivity contribution < 1.29 is 9.59 Å². The average molecular weight is 422 g/mol. The molecule has 1 saturated carbocycles. The van der Waals surface area contributed by atoms with Gasteiger partial charge in [0.25, 0.3) is 5.91 Å². The van der Waals surface area contributed by atoms with Crippen LogP contribution in [0, 0.1) is 0 Å². The average Bonchev–Trinajstić information content (AvgIpc) is 3.34. The van der Waals surface area contributed by atoms with E-state index in [1.165, 1.54) is 11.3 Å². The lowest BCUT2D eigenvalue weighted by Crippen LogP contribution is -2.47. The summed E-state index contributed by atoms with van der Waals surface area (Å²) in [6, 6.07) is 12.0. The van der Waals surface area contributed by atoms with E-state index in [1.807, 2.05) is 30.3 Å². The number of aromatic nitrogens is 3. The van der Waals surface area contributed by atoms with Gasteiger partial charge in [-0.15, -0.1) is 5.10 Å². The fourth-order valence-electron chi connectivity index (χ4n) is 3.84. The van der Waals surface area contributed by atoms with E-state index >= 15 is 0 Å². The van der Waals surface area contributed by atoms with Gasteiger partial charge in [0, 0.05) is 29.5 Å². The second-order valence-corrected chi connectivity index (χ2v) is 7.94. The van der Waals surface area contributed by atoms with E-state index in [0.29, 0.717) is 11.3 Å². The first-order chi connectivity index (χ1) is 14.7. The highest BCUT2D eigenvalue weighted by molar-refractivity contribution is 7.03. The first-order valence-electron chi connectivity index (χ1n) is 10.1. The van der Waals surface area contributed by atoms with Crippen molar-refractivity contribution in [2.24, 2.45) is 0 Å². The van der Waals surface area contributed by atoms with Crippen LogP contribution in [0.5, 0.6) is 0 Å². The number of hydrogen-bond acceptors (Lipinski definition) is 6. The molecule has 0 radical (unpaired) electrons. The van der Waals surface area contributed by atoms with Crippen LogP contribution in [0.25, 0.3) is 0 Å². The van der Waals surface area contributed by atoms with Crippen molar-refractivity contribution in [3.63, 3.8) is 0 Å². The Balaban J connectivity index is 1.74. The SMILES string of the molecule is O=C(NC1CCCCC1)[C@@H](c1ccncc1)N(C(=O)c1csnn1)c1ccccc1. The quantitative estimate of drug-likeness (QED) is 0.655. The summed E-state index contributed by atoms with van der Waals surface area (Å²) < 4.78 is 3.82. The molecular formula is C22H23N5O2S. The Kier molecular flexibility index (Phi) is 6.44. The van der Waals surface area contributed by atoms with Gasteiger partial charge in [-0.25, -0.2) is 0 Å². The zero-order chi connectivity index (χ0) is 20.8. The monoisotopic (exact) mass is 421 g/mol. The fraction of sp³-hybridized carbons (Fsp3) is 0.318. The second-order valence-electron chi connectivity index (χ2n) is 7.33. The summed E-state index contributed by atoms with van der Waals surface area (Å²) in [5.41, 5.74) is 1.53. The zero-order valence-corrected chi connectivity index (χ0v) is 17.3. The number of pyridine rings is 1. The lowest BCUT2D eigenvalue weighted by molar-refractivity contribution is -0.123. The highest BCUT2D eigenvalue weighted by Gasteiger charge is 2.35. The largest absolute Gasteiger partial charge is 0.351 e. The maximum absolute atomic E-state index is 13.5. The van der Waals surface area contributed by atoms with Gasteiger partial charge in [-0.2, -0.15) is 0 Å². The molecule has 154 valence electrons. The van der Waals surface area contributed by atoms with Crippen molar-refractivity contribution in [3.8, 4) is 0 Å². The van der Waals surface area contributed by atoms with Crippen LogP contribution in [-0.2, 0) is 4.79 Å². The molecule has 1 atom stereocenters. The predicted molar refractivity (Wildman–Crippen MR) is 115 cm³/mol. The van der Waals surface area contributed by atoms with Gasteiger partial charge < -0.3 is 5.32 Å². The zero-order valence-electron chi connectivity index (χ0n) is 16.5. The topological polar surface area (TPSA) is 88.1 Å². The van der Waals surface area contributed by atoms with Gasteiger partial charge in [-0.3, -0.25) is 19.5 Å². The smallest absolute Gasteiger partial charge is 0.280 e. The molecule has 0 spiro atoms. The first kappa shape index (κ1) is 20.2. The Morgan fingerprint density at radius 1 is 1.03 bits per heavy atom. The first-order valence-corrected chi connectivity index (χ1v) is 10.9. The fourth-order valence-corrected chi connectivity index (χ4v) is 4.27. The van der Waals surface area contributed by atoms with E-state index in [1.54, 1.807) is 29.9 Å². The highest BCUT2D eigenvalue weighted by atomic mass is 32.1. The molecule has 2 aromatic heterocycles. The standard InChI is InChI=1S/C22H23N5O2S/c28-21(24-17-7-3-1-4-8-17)20(16-11-13-23-14-12-16)27(18-9-5-2-6-10-18)22(29)19-15-30-26-25-19/h2,5-6,9-15,17,20H,1,3-4,7-8H2,(H,24,28)/t20-/m1/s1. The van der Waals surface area contributed by atoms with Crippen LogP contribution >= 0.6 is 11.5 Å². The normalized spacial score (nSPS) is 15.3. The van der Waals surface area contributed by atoms with Gasteiger partial charge in [0.15, 0.2) is 5.69 Å². The van der Waals surface area contributed by atoms with Gasteiger partial charge in [0.2, 0.25) is 5.91 Å². The number of rotatable bonds is 6. The van der Waals surface area contributed by atoms with Crippen LogP contribution in [0.15, 0.2) is 60.2 Å². The summed E-state index contributed by atoms with van der Waals surface area (Å²) in [5.74, 6) is -0.566. The minimum atomic E-state index is -0.841. The number of amides is 2. The Morgan fingerprint density at radius 3 is 2.43 bits per heavy atom. The number of carbonyl (C=O) groups is 2. The van der Waals surface area contributed by atoms with Crippen LogP contribution in [0.4, 0.5) is 5.69 Å². The van der Waals surface area contributed by atoms with Crippen LogP contribution in [0.3, 0.4) is 0 Å². The van der Waals surface area contributed by atoms with E-state index in [2.05, 4.69) is 19.9 Å². The number of hydrogen-bond donors (Lipinski definition) is 1. The molecule has 0 unspecified atom stereocenters. The molecule has 0 saturated heterocycles. The summed E-state index contributed by atoms with van der Waals surface area (Å²) in [6.07, 6.45) is 8.61. The molecule has 0 aliphatic heterocycles. The number of nitrogens with one attached hydrogen (secondary N) is 1. The minimum Gasteiger partial charge on any atom is -0.351 e. The summed E-state index contributed by atoms with van der Waals surface area (Å²) in [5, 5.41) is 8.73. The number of anilines is 1. The second kappa shape index (κ2) is 9.58. The van der Waals surface area contributed by atoms with Crippen LogP contribution in [-0.4, -0.2) is 32.4 Å². The molecule has 1 aromatic carbocycles. The van der Waals surface area contributed by atoms with E-state index in [0.717, 1.165) is 37.2 Å². The molecule has 1 fully saturated rings. The Bertz CT molecular complexity index is 960. The van der Waals surface area contributed by atoms with E-state index in [9.17, 15) is 9.59 Å². The van der Waals surface area contributed by atoms with Crippen LogP contribution < -0.4 is 10.2 Å². The van der Waals surface area contributed by atoms with Crippen LogP contribution in [0.1, 0.15) is 54.2 Å². The number of para-hydroxylation sites is 1. The summed E-state index contributed by atoms with van der Waals surface area (Å²) in [6.45, 7) is 0. The molecule has 2 heterocycles. The Labute approximate surface area is 179 Å². The molecule has 30 heavy (non-hydrogen) atoms. The lowest BCUT2D eigenvalue weighted by atomic mass is 9.94. The van der Waals surface area contributed by atoms with E-state index in [4.69, 9.17) is 0 Å². The molecular weight excluding hydrogens is 398 g/mol. The van der Waals surface area contributed by atoms with Gasteiger partial charge in [0.1, 0.15) is 6.04 Å². The summed E-state index contributed by atoms with van der Waals surface area (Å²) in [7, 11) is 0. The van der Waals surface area contributed by atoms with Gasteiger partial charge in [-0.05, 0) is 54.2 Å². The predicted octanol–water partition coefficient (Wildman–Crippen LogP) is 3.77. The lowest BCUT2D eigenvalue weighted by Gasteiger charge is -2.33. The third kappa shape index (κ3) is 4.54. The molecule has 1 aliphatic carbocycles.